The Hall–Kier alpha value is -5.03. The standard InChI is InChI=1S/C36H37ClFN7O3/c1-8-26(46)43-13-14-44(21(6)17-43)33-22-15-24(37)28(27-19(4)9-10-25-23(27)16-41-42-25)30(38)34(22)45(36(48)29(33)35(47)39-7)32-20(5)11-12-40-31(32)18(2)3/h8-12,15-16,18,21H,1,13-14,17H2,2-7H3,(H,39,47)(H,41,42)/t21-/m0/s1. The molecule has 1 atom stereocenters. The molecule has 48 heavy (non-hydrogen) atoms. The van der Waals surface area contributed by atoms with Crippen molar-refractivity contribution in [2.45, 2.75) is 46.6 Å². The summed E-state index contributed by atoms with van der Waals surface area (Å²) in [5.41, 5.74) is 3.14. The van der Waals surface area contributed by atoms with Gasteiger partial charge >= 0.3 is 0 Å². The molecule has 2 amide bonds. The number of hydrogen-bond donors (Lipinski definition) is 2. The number of anilines is 1. The lowest BCUT2D eigenvalue weighted by atomic mass is 9.93. The molecule has 1 aliphatic rings. The number of carbonyl (C=O) groups excluding carboxylic acids is 2. The van der Waals surface area contributed by atoms with Crippen LogP contribution in [0.2, 0.25) is 5.02 Å². The summed E-state index contributed by atoms with van der Waals surface area (Å²) in [5, 5.41) is 10.8. The van der Waals surface area contributed by atoms with Crippen LogP contribution in [0.25, 0.3) is 38.6 Å². The van der Waals surface area contributed by atoms with E-state index < -0.39 is 17.3 Å². The molecule has 6 rings (SSSR count). The number of piperazine rings is 1. The molecule has 248 valence electrons. The Morgan fingerprint density at radius 1 is 1.12 bits per heavy atom. The van der Waals surface area contributed by atoms with Crippen LogP contribution in [0.15, 0.2) is 54.1 Å². The number of aryl methyl sites for hydroxylation is 2. The predicted molar refractivity (Wildman–Crippen MR) is 188 cm³/mol. The van der Waals surface area contributed by atoms with E-state index in [1.54, 1.807) is 29.4 Å². The van der Waals surface area contributed by atoms with E-state index in [0.717, 1.165) is 5.56 Å². The van der Waals surface area contributed by atoms with Crippen molar-refractivity contribution >= 4 is 50.9 Å². The maximum atomic E-state index is 17.8. The zero-order valence-electron chi connectivity index (χ0n) is 27.7. The van der Waals surface area contributed by atoms with E-state index in [4.69, 9.17) is 11.6 Å². The molecule has 1 saturated heterocycles. The average molecular weight is 670 g/mol. The third-order valence-corrected chi connectivity index (χ3v) is 9.49. The van der Waals surface area contributed by atoms with E-state index in [-0.39, 0.29) is 57.2 Å². The fourth-order valence-electron chi connectivity index (χ4n) is 6.89. The molecule has 2 aromatic carbocycles. The van der Waals surface area contributed by atoms with Gasteiger partial charge in [-0.25, -0.2) is 4.39 Å². The maximum absolute atomic E-state index is 17.8. The molecule has 0 bridgehead atoms. The largest absolute Gasteiger partial charge is 0.364 e. The first-order valence-electron chi connectivity index (χ1n) is 15.8. The van der Waals surface area contributed by atoms with Crippen LogP contribution >= 0.6 is 11.6 Å². The Morgan fingerprint density at radius 3 is 2.54 bits per heavy atom. The molecule has 12 heteroatoms. The van der Waals surface area contributed by atoms with E-state index >= 15 is 4.39 Å². The van der Waals surface area contributed by atoms with Crippen LogP contribution in [0.5, 0.6) is 0 Å². The third-order valence-electron chi connectivity index (χ3n) is 9.19. The van der Waals surface area contributed by atoms with Crippen LogP contribution in [0.1, 0.15) is 53.9 Å². The van der Waals surface area contributed by atoms with Gasteiger partial charge in [0, 0.05) is 60.8 Å². The molecule has 10 nitrogen and oxygen atoms in total. The van der Waals surface area contributed by atoms with Gasteiger partial charge < -0.3 is 15.1 Å². The van der Waals surface area contributed by atoms with Crippen molar-refractivity contribution in [1.82, 2.24) is 30.0 Å². The van der Waals surface area contributed by atoms with Crippen molar-refractivity contribution in [3.8, 4) is 16.8 Å². The lowest BCUT2D eigenvalue weighted by Crippen LogP contribution is -2.54. The first kappa shape index (κ1) is 32.9. The minimum atomic E-state index is -0.720. The number of nitrogens with zero attached hydrogens (tertiary/aromatic N) is 5. The molecular formula is C36H37ClFN7O3. The minimum absolute atomic E-state index is 0.0308. The topological polar surface area (TPSA) is 116 Å². The summed E-state index contributed by atoms with van der Waals surface area (Å²) in [5.74, 6) is -1.71. The van der Waals surface area contributed by atoms with E-state index in [0.29, 0.717) is 46.5 Å². The summed E-state index contributed by atoms with van der Waals surface area (Å²) in [6, 6.07) is 6.77. The normalized spacial score (nSPS) is 15.1. The molecule has 0 saturated carbocycles. The molecule has 3 aromatic heterocycles. The average Bonchev–Trinajstić information content (AvgIpc) is 3.54. The van der Waals surface area contributed by atoms with Crippen LogP contribution in [-0.2, 0) is 4.79 Å². The SMILES string of the molecule is C=CC(=O)N1CCN(c2c(C(=O)NC)c(=O)n(-c3c(C)ccnc3C(C)C)c3c(F)c(-c4c(C)ccc5[nH]ncc45)c(Cl)cc23)[C@@H](C)C1. The van der Waals surface area contributed by atoms with Crippen molar-refractivity contribution in [1.29, 1.82) is 0 Å². The molecule has 0 spiro atoms. The molecule has 1 fully saturated rings. The zero-order chi connectivity index (χ0) is 34.6. The van der Waals surface area contributed by atoms with Gasteiger partial charge in [-0.1, -0.05) is 38.1 Å². The molecule has 2 N–H and O–H groups in total. The van der Waals surface area contributed by atoms with Crippen LogP contribution in [0.3, 0.4) is 0 Å². The van der Waals surface area contributed by atoms with Crippen molar-refractivity contribution in [3.05, 3.63) is 92.9 Å². The van der Waals surface area contributed by atoms with Crippen molar-refractivity contribution in [3.63, 3.8) is 0 Å². The number of nitrogens with one attached hydrogen (secondary N) is 2. The smallest absolute Gasteiger partial charge is 0.270 e. The van der Waals surface area contributed by atoms with E-state index in [2.05, 4.69) is 27.1 Å². The summed E-state index contributed by atoms with van der Waals surface area (Å²) in [6.45, 7) is 14.0. The van der Waals surface area contributed by atoms with Crippen LogP contribution < -0.4 is 15.8 Å². The van der Waals surface area contributed by atoms with Crippen molar-refractivity contribution in [2.24, 2.45) is 0 Å². The van der Waals surface area contributed by atoms with Gasteiger partial charge in [0.15, 0.2) is 5.82 Å². The summed E-state index contributed by atoms with van der Waals surface area (Å²) in [4.78, 5) is 49.5. The van der Waals surface area contributed by atoms with Gasteiger partial charge in [-0.3, -0.25) is 29.0 Å². The van der Waals surface area contributed by atoms with Gasteiger partial charge in [-0.15, -0.1) is 0 Å². The number of halogens is 2. The molecule has 0 radical (unpaired) electrons. The summed E-state index contributed by atoms with van der Waals surface area (Å²) in [6.07, 6.45) is 4.54. The van der Waals surface area contributed by atoms with Gasteiger partial charge in [0.05, 0.1) is 39.3 Å². The predicted octanol–water partition coefficient (Wildman–Crippen LogP) is 6.04. The number of rotatable bonds is 6. The van der Waals surface area contributed by atoms with Gasteiger partial charge in [0.25, 0.3) is 11.5 Å². The summed E-state index contributed by atoms with van der Waals surface area (Å²) in [7, 11) is 1.45. The van der Waals surface area contributed by atoms with Gasteiger partial charge in [-0.05, 0) is 62.1 Å². The highest BCUT2D eigenvalue weighted by molar-refractivity contribution is 6.35. The number of fused-ring (bicyclic) bond motifs is 2. The second-order valence-electron chi connectivity index (χ2n) is 12.5. The molecule has 4 heterocycles. The highest BCUT2D eigenvalue weighted by Gasteiger charge is 2.35. The lowest BCUT2D eigenvalue weighted by Gasteiger charge is -2.42. The number of benzene rings is 2. The Bertz CT molecular complexity index is 2210. The Balaban J connectivity index is 1.81. The molecule has 5 aromatic rings. The number of aromatic amines is 1. The highest BCUT2D eigenvalue weighted by atomic mass is 35.5. The number of pyridine rings is 2. The molecule has 0 unspecified atom stereocenters. The van der Waals surface area contributed by atoms with Crippen molar-refractivity contribution in [2.75, 3.05) is 31.6 Å². The Kier molecular flexibility index (Phi) is 8.59. The summed E-state index contributed by atoms with van der Waals surface area (Å²) >= 11 is 7.08. The third kappa shape index (κ3) is 5.13. The zero-order valence-corrected chi connectivity index (χ0v) is 28.5. The molecule has 1 aliphatic heterocycles. The van der Waals surface area contributed by atoms with E-state index in [1.165, 1.54) is 17.7 Å². The number of H-pyrrole nitrogens is 1. The minimum Gasteiger partial charge on any atom is -0.364 e. The van der Waals surface area contributed by atoms with Gasteiger partial charge in [-0.2, -0.15) is 5.10 Å². The first-order valence-corrected chi connectivity index (χ1v) is 16.2. The Labute approximate surface area is 282 Å². The van der Waals surface area contributed by atoms with Crippen LogP contribution in [0, 0.1) is 19.7 Å². The number of amides is 2. The fourth-order valence-corrected chi connectivity index (χ4v) is 7.18. The molecule has 0 aliphatic carbocycles. The van der Waals surface area contributed by atoms with Gasteiger partial charge in [0.1, 0.15) is 5.56 Å². The fraction of sp³-hybridized carbons (Fsp3) is 0.306. The van der Waals surface area contributed by atoms with Gasteiger partial charge in [0.2, 0.25) is 5.91 Å². The van der Waals surface area contributed by atoms with Crippen LogP contribution in [0.4, 0.5) is 10.1 Å². The quantitative estimate of drug-likeness (QED) is 0.213. The second-order valence-corrected chi connectivity index (χ2v) is 12.9. The number of hydrogen-bond acceptors (Lipinski definition) is 6. The Morgan fingerprint density at radius 2 is 1.88 bits per heavy atom. The number of aromatic nitrogens is 4. The first-order chi connectivity index (χ1) is 22.9. The monoisotopic (exact) mass is 669 g/mol. The maximum Gasteiger partial charge on any atom is 0.270 e. The van der Waals surface area contributed by atoms with Crippen LogP contribution in [-0.4, -0.2) is 69.2 Å². The summed E-state index contributed by atoms with van der Waals surface area (Å²) < 4.78 is 19.1. The number of carbonyl (C=O) groups is 2. The van der Waals surface area contributed by atoms with E-state index in [9.17, 15) is 14.4 Å². The second kappa shape index (κ2) is 12.5. The molecular weight excluding hydrogens is 633 g/mol. The van der Waals surface area contributed by atoms with E-state index in [1.807, 2.05) is 51.7 Å². The highest BCUT2D eigenvalue weighted by Crippen LogP contribution is 2.44. The lowest BCUT2D eigenvalue weighted by molar-refractivity contribution is -0.126. The van der Waals surface area contributed by atoms with Crippen molar-refractivity contribution < 1.29 is 14.0 Å².